The van der Waals surface area contributed by atoms with Crippen LogP contribution in [-0.2, 0) is 9.59 Å². The number of aryl methyl sites for hydroxylation is 1. The summed E-state index contributed by atoms with van der Waals surface area (Å²) in [6, 6.07) is 17.2. The Kier molecular flexibility index (Phi) is 5.89. The number of carbonyl (C=O) groups is 2. The van der Waals surface area contributed by atoms with Gasteiger partial charge in [0.15, 0.2) is 5.17 Å². The summed E-state index contributed by atoms with van der Waals surface area (Å²) >= 11 is 1.36. The van der Waals surface area contributed by atoms with E-state index in [0.29, 0.717) is 5.17 Å². The third-order valence-electron chi connectivity index (χ3n) is 4.38. The number of benzene rings is 2. The second-order valence-electron chi connectivity index (χ2n) is 7.75. The summed E-state index contributed by atoms with van der Waals surface area (Å²) < 4.78 is 0. The molecule has 1 heterocycles. The molecule has 1 fully saturated rings. The zero-order valence-electron chi connectivity index (χ0n) is 16.6. The van der Waals surface area contributed by atoms with Crippen LogP contribution in [0.1, 0.15) is 32.8 Å². The number of hydrogen-bond acceptors (Lipinski definition) is 4. The molecule has 146 valence electrons. The van der Waals surface area contributed by atoms with Gasteiger partial charge >= 0.3 is 0 Å². The maximum Gasteiger partial charge on any atom is 0.243 e. The van der Waals surface area contributed by atoms with Crippen LogP contribution in [0.25, 0.3) is 0 Å². The summed E-state index contributed by atoms with van der Waals surface area (Å²) in [5.41, 5.74) is 2.13. The van der Waals surface area contributed by atoms with E-state index < -0.39 is 10.8 Å². The van der Waals surface area contributed by atoms with Crippen molar-refractivity contribution in [3.8, 4) is 0 Å². The second kappa shape index (κ2) is 8.19. The predicted octanol–water partition coefficient (Wildman–Crippen LogP) is 4.75. The van der Waals surface area contributed by atoms with E-state index in [1.807, 2.05) is 82.3 Å². The van der Waals surface area contributed by atoms with Gasteiger partial charge in [-0.2, -0.15) is 0 Å². The molecule has 0 bridgehead atoms. The first-order valence-electron chi connectivity index (χ1n) is 9.25. The number of amides is 2. The van der Waals surface area contributed by atoms with Gasteiger partial charge in [0, 0.05) is 17.6 Å². The minimum atomic E-state index is -0.481. The molecule has 0 aromatic heterocycles. The van der Waals surface area contributed by atoms with E-state index in [9.17, 15) is 9.59 Å². The van der Waals surface area contributed by atoms with Crippen molar-refractivity contribution in [3.63, 3.8) is 0 Å². The number of nitrogens with zero attached hydrogens (tertiary/aromatic N) is 2. The van der Waals surface area contributed by atoms with Gasteiger partial charge in [-0.05, 0) is 51.5 Å². The van der Waals surface area contributed by atoms with E-state index >= 15 is 0 Å². The molecule has 5 nitrogen and oxygen atoms in total. The standard InChI is InChI=1S/C22H25N3O2S/c1-15-10-8-9-13-17(15)24-19(26)14-18-20(27)25(22(2,3)4)21(28-18)23-16-11-6-5-7-12-16/h5-13,18H,14H2,1-4H3,(H,24,26)/t18-/m1/s1. The van der Waals surface area contributed by atoms with Crippen molar-refractivity contribution in [1.82, 2.24) is 4.90 Å². The highest BCUT2D eigenvalue weighted by molar-refractivity contribution is 8.15. The minimum absolute atomic E-state index is 0.0767. The van der Waals surface area contributed by atoms with Crippen molar-refractivity contribution in [2.45, 2.75) is 44.9 Å². The predicted molar refractivity (Wildman–Crippen MR) is 116 cm³/mol. The molecule has 1 aliphatic rings. The van der Waals surface area contributed by atoms with Gasteiger partial charge in [-0.1, -0.05) is 48.2 Å². The molecule has 28 heavy (non-hydrogen) atoms. The van der Waals surface area contributed by atoms with E-state index in [1.165, 1.54) is 11.8 Å². The van der Waals surface area contributed by atoms with Gasteiger partial charge in [0.2, 0.25) is 11.8 Å². The van der Waals surface area contributed by atoms with Crippen molar-refractivity contribution in [3.05, 3.63) is 60.2 Å². The van der Waals surface area contributed by atoms with Gasteiger partial charge < -0.3 is 5.32 Å². The molecular formula is C22H25N3O2S. The van der Waals surface area contributed by atoms with Crippen molar-refractivity contribution in [2.75, 3.05) is 5.32 Å². The number of hydrogen-bond donors (Lipinski definition) is 1. The largest absolute Gasteiger partial charge is 0.326 e. The third-order valence-corrected chi connectivity index (χ3v) is 5.51. The van der Waals surface area contributed by atoms with Crippen LogP contribution in [0.5, 0.6) is 0 Å². The number of carbonyl (C=O) groups excluding carboxylic acids is 2. The lowest BCUT2D eigenvalue weighted by molar-refractivity contribution is -0.131. The highest BCUT2D eigenvalue weighted by Gasteiger charge is 2.44. The van der Waals surface area contributed by atoms with E-state index in [-0.39, 0.29) is 18.2 Å². The number of thioether (sulfide) groups is 1. The fraction of sp³-hybridized carbons (Fsp3) is 0.318. The van der Waals surface area contributed by atoms with E-state index in [2.05, 4.69) is 10.3 Å². The number of anilines is 1. The summed E-state index contributed by atoms with van der Waals surface area (Å²) in [5.74, 6) is -0.248. The maximum absolute atomic E-state index is 13.1. The Hall–Kier alpha value is -2.60. The van der Waals surface area contributed by atoms with Crippen LogP contribution in [-0.4, -0.2) is 32.7 Å². The highest BCUT2D eigenvalue weighted by atomic mass is 32.2. The Balaban J connectivity index is 1.79. The summed E-state index contributed by atoms with van der Waals surface area (Å²) in [6.07, 6.45) is 0.109. The summed E-state index contributed by atoms with van der Waals surface area (Å²) in [6.45, 7) is 7.86. The lowest BCUT2D eigenvalue weighted by Crippen LogP contribution is -2.46. The number of nitrogens with one attached hydrogen (secondary N) is 1. The number of aliphatic imine (C=N–C) groups is 1. The zero-order valence-corrected chi connectivity index (χ0v) is 17.4. The Morgan fingerprint density at radius 3 is 2.39 bits per heavy atom. The van der Waals surface area contributed by atoms with Crippen molar-refractivity contribution in [1.29, 1.82) is 0 Å². The molecule has 1 aliphatic heterocycles. The lowest BCUT2D eigenvalue weighted by atomic mass is 10.1. The summed E-state index contributed by atoms with van der Waals surface area (Å²) in [4.78, 5) is 32.0. The second-order valence-corrected chi connectivity index (χ2v) is 8.92. The van der Waals surface area contributed by atoms with Crippen LogP contribution < -0.4 is 5.32 Å². The monoisotopic (exact) mass is 395 g/mol. The third kappa shape index (κ3) is 4.62. The minimum Gasteiger partial charge on any atom is -0.326 e. The molecule has 2 aromatic rings. The number of para-hydroxylation sites is 2. The first-order valence-corrected chi connectivity index (χ1v) is 10.1. The van der Waals surface area contributed by atoms with Crippen LogP contribution in [0.2, 0.25) is 0 Å². The first kappa shape index (κ1) is 20.1. The van der Waals surface area contributed by atoms with Crippen molar-refractivity contribution in [2.24, 2.45) is 4.99 Å². The molecule has 0 unspecified atom stereocenters. The SMILES string of the molecule is Cc1ccccc1NC(=O)C[C@H]1SC(=Nc2ccccc2)N(C(C)(C)C)C1=O. The molecule has 0 spiro atoms. The van der Waals surface area contributed by atoms with Gasteiger partial charge in [0.25, 0.3) is 0 Å². The molecule has 0 aliphatic carbocycles. The van der Waals surface area contributed by atoms with Crippen LogP contribution in [0.3, 0.4) is 0 Å². The quantitative estimate of drug-likeness (QED) is 0.812. The molecule has 1 N–H and O–H groups in total. The smallest absolute Gasteiger partial charge is 0.243 e. The molecule has 1 atom stereocenters. The topological polar surface area (TPSA) is 61.8 Å². The van der Waals surface area contributed by atoms with Gasteiger partial charge in [-0.3, -0.25) is 14.5 Å². The van der Waals surface area contributed by atoms with E-state index in [1.54, 1.807) is 4.90 Å². The molecular weight excluding hydrogens is 370 g/mol. The Morgan fingerprint density at radius 1 is 1.11 bits per heavy atom. The van der Waals surface area contributed by atoms with Crippen LogP contribution >= 0.6 is 11.8 Å². The molecule has 1 saturated heterocycles. The van der Waals surface area contributed by atoms with Gasteiger partial charge in [0.05, 0.1) is 5.69 Å². The van der Waals surface area contributed by atoms with Gasteiger partial charge in [-0.15, -0.1) is 0 Å². The molecule has 6 heteroatoms. The average Bonchev–Trinajstić information content (AvgIpc) is 2.93. The van der Waals surface area contributed by atoms with Crippen LogP contribution in [0.4, 0.5) is 11.4 Å². The number of amidine groups is 1. The maximum atomic E-state index is 13.1. The first-order chi connectivity index (χ1) is 13.3. The van der Waals surface area contributed by atoms with E-state index in [0.717, 1.165) is 16.9 Å². The molecule has 0 saturated carbocycles. The molecule has 2 amide bonds. The lowest BCUT2D eigenvalue weighted by Gasteiger charge is -2.31. The van der Waals surface area contributed by atoms with Crippen molar-refractivity contribution < 1.29 is 9.59 Å². The normalized spacial score (nSPS) is 18.6. The van der Waals surface area contributed by atoms with Crippen molar-refractivity contribution >= 4 is 40.1 Å². The average molecular weight is 396 g/mol. The fourth-order valence-electron chi connectivity index (χ4n) is 2.99. The van der Waals surface area contributed by atoms with E-state index in [4.69, 9.17) is 0 Å². The molecule has 0 radical (unpaired) electrons. The number of rotatable bonds is 4. The molecule has 2 aromatic carbocycles. The Morgan fingerprint density at radius 2 is 1.75 bits per heavy atom. The van der Waals surface area contributed by atoms with Gasteiger partial charge in [-0.25, -0.2) is 4.99 Å². The van der Waals surface area contributed by atoms with Gasteiger partial charge in [0.1, 0.15) is 5.25 Å². The molecule has 3 rings (SSSR count). The summed E-state index contributed by atoms with van der Waals surface area (Å²) in [7, 11) is 0. The fourth-order valence-corrected chi connectivity index (χ4v) is 4.31. The zero-order chi connectivity index (χ0) is 20.3. The summed E-state index contributed by atoms with van der Waals surface area (Å²) in [5, 5.41) is 3.07. The van der Waals surface area contributed by atoms with Crippen LogP contribution in [0, 0.1) is 6.92 Å². The Bertz CT molecular complexity index is 903. The Labute approximate surface area is 170 Å². The highest BCUT2D eigenvalue weighted by Crippen LogP contribution is 2.36. The van der Waals surface area contributed by atoms with Crippen LogP contribution in [0.15, 0.2) is 59.6 Å².